The molecule has 0 saturated carbocycles. The Labute approximate surface area is 124 Å². The van der Waals surface area contributed by atoms with Crippen molar-refractivity contribution < 1.29 is 24.3 Å². The first-order chi connectivity index (χ1) is 10.0. The highest BCUT2D eigenvalue weighted by molar-refractivity contribution is 6.26. The lowest BCUT2D eigenvalue weighted by Gasteiger charge is -2.10. The monoisotopic (exact) mass is 301 g/mol. The van der Waals surface area contributed by atoms with Crippen LogP contribution in [0.3, 0.4) is 0 Å². The Morgan fingerprint density at radius 3 is 2.67 bits per heavy atom. The summed E-state index contributed by atoms with van der Waals surface area (Å²) in [5.74, 6) is -1.04. The van der Waals surface area contributed by atoms with E-state index in [0.29, 0.717) is 13.2 Å². The largest absolute Gasteiger partial charge is 0.396 e. The summed E-state index contributed by atoms with van der Waals surface area (Å²) in [6, 6.07) is 0. The SMILES string of the molecule is CCOC/C(=C\C(N)=O)O/N=C/C(=O)NCC(CC)CO. The summed E-state index contributed by atoms with van der Waals surface area (Å²) in [5, 5.41) is 15.0. The minimum Gasteiger partial charge on any atom is -0.396 e. The first-order valence-electron chi connectivity index (χ1n) is 6.70. The lowest BCUT2D eigenvalue weighted by atomic mass is 10.1. The Morgan fingerprint density at radius 2 is 2.14 bits per heavy atom. The fraction of sp³-hybridized carbons (Fsp3) is 0.615. The van der Waals surface area contributed by atoms with E-state index in [2.05, 4.69) is 10.5 Å². The van der Waals surface area contributed by atoms with Gasteiger partial charge in [-0.05, 0) is 19.3 Å². The molecular weight excluding hydrogens is 278 g/mol. The zero-order valence-electron chi connectivity index (χ0n) is 12.4. The third kappa shape index (κ3) is 10.5. The average molecular weight is 301 g/mol. The molecule has 21 heavy (non-hydrogen) atoms. The van der Waals surface area contributed by atoms with E-state index in [1.165, 1.54) is 0 Å². The maximum absolute atomic E-state index is 11.4. The maximum atomic E-state index is 11.4. The number of ether oxygens (including phenoxy) is 1. The van der Waals surface area contributed by atoms with Gasteiger partial charge in [0.25, 0.3) is 5.91 Å². The van der Waals surface area contributed by atoms with Gasteiger partial charge in [0.1, 0.15) is 12.8 Å². The number of rotatable bonds is 11. The molecule has 1 atom stereocenters. The molecule has 0 heterocycles. The van der Waals surface area contributed by atoms with Gasteiger partial charge in [0.2, 0.25) is 5.91 Å². The second-order valence-electron chi connectivity index (χ2n) is 4.18. The number of carbonyl (C=O) groups is 2. The molecule has 8 nitrogen and oxygen atoms in total. The molecule has 0 bridgehead atoms. The van der Waals surface area contributed by atoms with Crippen molar-refractivity contribution in [2.24, 2.45) is 16.8 Å². The molecule has 120 valence electrons. The van der Waals surface area contributed by atoms with Crippen molar-refractivity contribution in [2.45, 2.75) is 20.3 Å². The summed E-state index contributed by atoms with van der Waals surface area (Å²) in [6.45, 7) is 4.51. The summed E-state index contributed by atoms with van der Waals surface area (Å²) < 4.78 is 5.06. The molecule has 2 amide bonds. The number of carbonyl (C=O) groups excluding carboxylic acids is 2. The van der Waals surface area contributed by atoms with Crippen LogP contribution in [0.5, 0.6) is 0 Å². The van der Waals surface area contributed by atoms with Crippen LogP contribution in [0.25, 0.3) is 0 Å². The highest BCUT2D eigenvalue weighted by atomic mass is 16.6. The molecule has 0 aliphatic carbocycles. The minimum absolute atomic E-state index is 0.00424. The minimum atomic E-state index is -0.696. The third-order valence-corrected chi connectivity index (χ3v) is 2.49. The van der Waals surface area contributed by atoms with Crippen LogP contribution in [0.4, 0.5) is 0 Å². The molecule has 0 radical (unpaired) electrons. The van der Waals surface area contributed by atoms with Gasteiger partial charge in [-0.2, -0.15) is 0 Å². The predicted octanol–water partition coefficient (Wildman–Crippen LogP) is -0.471. The van der Waals surface area contributed by atoms with E-state index in [1.807, 2.05) is 6.92 Å². The lowest BCUT2D eigenvalue weighted by Crippen LogP contribution is -2.31. The van der Waals surface area contributed by atoms with Gasteiger partial charge in [-0.25, -0.2) is 0 Å². The molecule has 1 unspecified atom stereocenters. The number of primary amides is 1. The van der Waals surface area contributed by atoms with Crippen LogP contribution in [-0.2, 0) is 19.2 Å². The normalized spacial score (nSPS) is 13.2. The Bertz CT molecular complexity index is 378. The zero-order chi connectivity index (χ0) is 16.1. The number of hydrogen-bond acceptors (Lipinski definition) is 6. The van der Waals surface area contributed by atoms with E-state index in [4.69, 9.17) is 20.4 Å². The van der Waals surface area contributed by atoms with Crippen molar-refractivity contribution in [2.75, 3.05) is 26.4 Å². The molecule has 8 heteroatoms. The topological polar surface area (TPSA) is 123 Å². The van der Waals surface area contributed by atoms with Crippen molar-refractivity contribution >= 4 is 18.0 Å². The van der Waals surface area contributed by atoms with Gasteiger partial charge in [0.15, 0.2) is 5.76 Å². The number of amides is 2. The van der Waals surface area contributed by atoms with Crippen LogP contribution in [0.2, 0.25) is 0 Å². The van der Waals surface area contributed by atoms with E-state index in [-0.39, 0.29) is 24.9 Å². The summed E-state index contributed by atoms with van der Waals surface area (Å²) in [4.78, 5) is 27.1. The zero-order valence-corrected chi connectivity index (χ0v) is 12.4. The number of aliphatic hydroxyl groups is 1. The number of aliphatic hydroxyl groups excluding tert-OH is 1. The van der Waals surface area contributed by atoms with Gasteiger partial charge >= 0.3 is 0 Å². The molecule has 4 N–H and O–H groups in total. The molecule has 0 rings (SSSR count). The first-order valence-corrected chi connectivity index (χ1v) is 6.70. The van der Waals surface area contributed by atoms with Gasteiger partial charge in [0, 0.05) is 25.8 Å². The Morgan fingerprint density at radius 1 is 1.43 bits per heavy atom. The summed E-state index contributed by atoms with van der Waals surface area (Å²) >= 11 is 0. The highest BCUT2D eigenvalue weighted by Gasteiger charge is 2.06. The van der Waals surface area contributed by atoms with Gasteiger partial charge in [0.05, 0.1) is 0 Å². The van der Waals surface area contributed by atoms with E-state index in [0.717, 1.165) is 18.7 Å². The van der Waals surface area contributed by atoms with E-state index in [1.54, 1.807) is 6.92 Å². The fourth-order valence-electron chi connectivity index (χ4n) is 1.23. The van der Waals surface area contributed by atoms with Crippen LogP contribution in [0.15, 0.2) is 17.0 Å². The van der Waals surface area contributed by atoms with E-state index in [9.17, 15) is 9.59 Å². The number of oxime groups is 1. The van der Waals surface area contributed by atoms with Crippen LogP contribution >= 0.6 is 0 Å². The Hall–Kier alpha value is -1.93. The van der Waals surface area contributed by atoms with E-state index >= 15 is 0 Å². The second kappa shape index (κ2) is 11.9. The van der Waals surface area contributed by atoms with Gasteiger partial charge < -0.3 is 25.7 Å². The fourth-order valence-corrected chi connectivity index (χ4v) is 1.23. The molecule has 0 aliphatic rings. The van der Waals surface area contributed by atoms with Crippen LogP contribution in [0.1, 0.15) is 20.3 Å². The molecule has 0 aromatic heterocycles. The van der Waals surface area contributed by atoms with Crippen molar-refractivity contribution in [1.82, 2.24) is 5.32 Å². The summed E-state index contributed by atoms with van der Waals surface area (Å²) in [6.07, 6.45) is 2.72. The van der Waals surface area contributed by atoms with Crippen LogP contribution in [0, 0.1) is 5.92 Å². The Kier molecular flexibility index (Phi) is 10.8. The van der Waals surface area contributed by atoms with Crippen molar-refractivity contribution in [3.05, 3.63) is 11.8 Å². The standard InChI is InChI=1S/C13H23N3O5/c1-3-10(8-17)6-15-13(19)7-16-21-11(5-12(14)18)9-20-4-2/h5,7,10,17H,3-4,6,8-9H2,1-2H3,(H2,14,18)(H,15,19)/b11-5+,16-7+. The highest BCUT2D eigenvalue weighted by Crippen LogP contribution is 1.99. The predicted molar refractivity (Wildman–Crippen MR) is 77.2 cm³/mol. The first kappa shape index (κ1) is 19.1. The average Bonchev–Trinajstić information content (AvgIpc) is 2.45. The van der Waals surface area contributed by atoms with E-state index < -0.39 is 11.8 Å². The third-order valence-electron chi connectivity index (χ3n) is 2.49. The number of nitrogens with two attached hydrogens (primary N) is 1. The summed E-state index contributed by atoms with van der Waals surface area (Å²) in [7, 11) is 0. The summed E-state index contributed by atoms with van der Waals surface area (Å²) in [5.41, 5.74) is 5.00. The number of hydrogen-bond donors (Lipinski definition) is 3. The molecule has 0 fully saturated rings. The maximum Gasteiger partial charge on any atom is 0.265 e. The molecule has 0 aromatic rings. The van der Waals surface area contributed by atoms with Gasteiger partial charge in [-0.15, -0.1) is 0 Å². The van der Waals surface area contributed by atoms with Crippen molar-refractivity contribution in [1.29, 1.82) is 0 Å². The smallest absolute Gasteiger partial charge is 0.265 e. The van der Waals surface area contributed by atoms with Gasteiger partial charge in [-0.1, -0.05) is 12.1 Å². The number of nitrogens with one attached hydrogen (secondary N) is 1. The second-order valence-corrected chi connectivity index (χ2v) is 4.18. The van der Waals surface area contributed by atoms with Gasteiger partial charge in [-0.3, -0.25) is 9.59 Å². The van der Waals surface area contributed by atoms with Crippen LogP contribution in [-0.4, -0.2) is 49.5 Å². The molecule has 0 aliphatic heterocycles. The Balaban J connectivity index is 4.25. The van der Waals surface area contributed by atoms with Crippen molar-refractivity contribution in [3.8, 4) is 0 Å². The molecule has 0 aromatic carbocycles. The number of nitrogens with zero attached hydrogens (tertiary/aromatic N) is 1. The molecule has 0 saturated heterocycles. The van der Waals surface area contributed by atoms with Crippen molar-refractivity contribution in [3.63, 3.8) is 0 Å². The quantitative estimate of drug-likeness (QED) is 0.206. The molecule has 0 spiro atoms. The molecular formula is C13H23N3O5. The van der Waals surface area contributed by atoms with Crippen LogP contribution < -0.4 is 11.1 Å². The lowest BCUT2D eigenvalue weighted by molar-refractivity contribution is -0.115.